The van der Waals surface area contributed by atoms with Gasteiger partial charge < -0.3 is 5.11 Å². The molecule has 200 valence electrons. The molecule has 1 N–H and O–H groups in total. The van der Waals surface area contributed by atoms with Crippen molar-refractivity contribution in [1.29, 1.82) is 0 Å². The summed E-state index contributed by atoms with van der Waals surface area (Å²) < 4.78 is 0. The molecule has 0 heterocycles. The molecule has 0 radical (unpaired) electrons. The van der Waals surface area contributed by atoms with E-state index in [0.29, 0.717) is 5.75 Å². The summed E-state index contributed by atoms with van der Waals surface area (Å²) >= 11 is 0. The van der Waals surface area contributed by atoms with Gasteiger partial charge >= 0.3 is 0 Å². The summed E-state index contributed by atoms with van der Waals surface area (Å²) in [5, 5.41) is 10.9. The van der Waals surface area contributed by atoms with Gasteiger partial charge in [0.2, 0.25) is 0 Å². The Morgan fingerprint density at radius 3 is 1.31 bits per heavy atom. The third-order valence-corrected chi connectivity index (χ3v) is 6.64. The van der Waals surface area contributed by atoms with E-state index in [1.54, 1.807) is 0 Å². The highest BCUT2D eigenvalue weighted by Gasteiger charge is 2.14. The topological polar surface area (TPSA) is 26.7 Å². The number of unbranched alkanes of at least 4 members (excludes halogenated alkanes) is 6. The predicted molar refractivity (Wildman–Crippen MR) is 157 cm³/mol. The number of aromatic hydroxyl groups is 1. The summed E-state index contributed by atoms with van der Waals surface area (Å²) in [6.45, 7) is 16.8. The quantitative estimate of drug-likeness (QED) is 0.232. The molecule has 0 fully saturated rings. The summed E-state index contributed by atoms with van der Waals surface area (Å²) in [7, 11) is 0. The molecule has 0 aromatic heterocycles. The number of hydrogen-bond acceptors (Lipinski definition) is 3. The van der Waals surface area contributed by atoms with Gasteiger partial charge in [-0.25, -0.2) is 0 Å². The second-order valence-corrected chi connectivity index (χ2v) is 9.21. The molecule has 0 aliphatic carbocycles. The Labute approximate surface area is 223 Å². The van der Waals surface area contributed by atoms with Gasteiger partial charge in [-0.1, -0.05) is 122 Å². The highest BCUT2D eigenvalue weighted by molar-refractivity contribution is 5.85. The first-order valence-electron chi connectivity index (χ1n) is 13.9. The summed E-state index contributed by atoms with van der Waals surface area (Å²) in [6, 6.07) is 16.5. The van der Waals surface area contributed by atoms with Gasteiger partial charge in [-0.2, -0.15) is 0 Å². The maximum Gasteiger partial charge on any atom is 0.124 e. The van der Waals surface area contributed by atoms with E-state index in [4.69, 9.17) is 0 Å². The number of halogens is 1. The molecule has 0 aliphatic rings. The largest absolute Gasteiger partial charge is 0.507 e. The highest BCUT2D eigenvalue weighted by Crippen LogP contribution is 2.28. The number of benzene rings is 2. The van der Waals surface area contributed by atoms with Gasteiger partial charge in [0.05, 0.1) is 0 Å². The number of aryl methyl sites for hydroxylation is 1. The fourth-order valence-electron chi connectivity index (χ4n) is 4.26. The zero-order chi connectivity index (χ0) is 25.0. The van der Waals surface area contributed by atoms with Crippen molar-refractivity contribution in [3.05, 3.63) is 65.2 Å². The molecular weight excluding hydrogens is 452 g/mol. The Kier molecular flexibility index (Phi) is 20.7. The average molecular weight is 505 g/mol. The van der Waals surface area contributed by atoms with Gasteiger partial charge in [0.1, 0.15) is 5.75 Å². The van der Waals surface area contributed by atoms with E-state index in [0.717, 1.165) is 56.8 Å². The van der Waals surface area contributed by atoms with E-state index in [1.807, 2.05) is 36.4 Å². The lowest BCUT2D eigenvalue weighted by Gasteiger charge is -2.23. The first-order valence-corrected chi connectivity index (χ1v) is 13.9. The van der Waals surface area contributed by atoms with Crippen molar-refractivity contribution in [2.24, 2.45) is 0 Å². The first kappa shape index (κ1) is 33.4. The first-order chi connectivity index (χ1) is 16.6. The Morgan fingerprint density at radius 1 is 0.571 bits per heavy atom. The van der Waals surface area contributed by atoms with E-state index < -0.39 is 0 Å². The van der Waals surface area contributed by atoms with Crippen LogP contribution in [0.1, 0.15) is 96.3 Å². The zero-order valence-corrected chi connectivity index (χ0v) is 24.1. The van der Waals surface area contributed by atoms with Crippen LogP contribution in [0, 0.1) is 0 Å². The van der Waals surface area contributed by atoms with Crippen molar-refractivity contribution in [2.45, 2.75) is 99.1 Å². The monoisotopic (exact) mass is 504 g/mol. The Morgan fingerprint density at radius 2 is 0.943 bits per heavy atom. The molecule has 0 saturated carbocycles. The molecule has 0 atom stereocenters. The SMILES string of the molecule is CCCCCCCCCc1cc(CN(CC)CC)c(O)c(CN(CC)CC)c1.Cl.c1ccccc1. The van der Waals surface area contributed by atoms with Gasteiger partial charge in [0.25, 0.3) is 0 Å². The van der Waals surface area contributed by atoms with Crippen LogP contribution in [0.4, 0.5) is 0 Å². The van der Waals surface area contributed by atoms with Crippen molar-refractivity contribution in [1.82, 2.24) is 9.80 Å². The molecule has 0 spiro atoms. The molecule has 0 bridgehead atoms. The maximum absolute atomic E-state index is 10.9. The minimum atomic E-state index is 0. The minimum Gasteiger partial charge on any atom is -0.507 e. The summed E-state index contributed by atoms with van der Waals surface area (Å²) in [4.78, 5) is 4.77. The fourth-order valence-corrected chi connectivity index (χ4v) is 4.26. The summed E-state index contributed by atoms with van der Waals surface area (Å²) in [5.41, 5.74) is 3.60. The van der Waals surface area contributed by atoms with Crippen LogP contribution in [0.3, 0.4) is 0 Å². The molecule has 0 saturated heterocycles. The molecule has 0 amide bonds. The zero-order valence-electron chi connectivity index (χ0n) is 23.3. The van der Waals surface area contributed by atoms with Crippen molar-refractivity contribution in [3.63, 3.8) is 0 Å². The smallest absolute Gasteiger partial charge is 0.124 e. The molecule has 35 heavy (non-hydrogen) atoms. The van der Waals surface area contributed by atoms with Crippen LogP contribution < -0.4 is 0 Å². The lowest BCUT2D eigenvalue weighted by Crippen LogP contribution is -2.24. The van der Waals surface area contributed by atoms with E-state index in [2.05, 4.69) is 56.6 Å². The number of nitrogens with zero attached hydrogens (tertiary/aromatic N) is 2. The van der Waals surface area contributed by atoms with Crippen LogP contribution in [0.25, 0.3) is 0 Å². The fraction of sp³-hybridized carbons (Fsp3) is 0.613. The Balaban J connectivity index is 0.00000143. The molecular formula is C31H53ClN2O. The second-order valence-electron chi connectivity index (χ2n) is 9.21. The van der Waals surface area contributed by atoms with Crippen molar-refractivity contribution in [3.8, 4) is 5.75 Å². The van der Waals surface area contributed by atoms with Crippen LogP contribution in [0.15, 0.2) is 48.5 Å². The number of rotatable bonds is 16. The lowest BCUT2D eigenvalue weighted by atomic mass is 9.98. The molecule has 0 aliphatic heterocycles. The molecule has 4 heteroatoms. The molecule has 3 nitrogen and oxygen atoms in total. The van der Waals surface area contributed by atoms with Crippen molar-refractivity contribution < 1.29 is 5.11 Å². The van der Waals surface area contributed by atoms with E-state index in [9.17, 15) is 5.11 Å². The van der Waals surface area contributed by atoms with Crippen LogP contribution in [0.5, 0.6) is 5.75 Å². The molecule has 0 unspecified atom stereocenters. The predicted octanol–water partition coefficient (Wildman–Crippen LogP) is 8.48. The van der Waals surface area contributed by atoms with Gasteiger partial charge in [-0.3, -0.25) is 9.80 Å². The van der Waals surface area contributed by atoms with E-state index >= 15 is 0 Å². The third-order valence-electron chi connectivity index (χ3n) is 6.64. The molecule has 2 aromatic carbocycles. The van der Waals surface area contributed by atoms with Crippen molar-refractivity contribution >= 4 is 12.4 Å². The normalized spacial score (nSPS) is 10.7. The molecule has 2 rings (SSSR count). The van der Waals surface area contributed by atoms with Crippen LogP contribution in [-0.4, -0.2) is 41.1 Å². The van der Waals surface area contributed by atoms with Crippen LogP contribution in [-0.2, 0) is 19.5 Å². The highest BCUT2D eigenvalue weighted by atomic mass is 35.5. The standard InChI is InChI=1S/C25H46N2O.C6H6.ClH/c1-6-11-12-13-14-15-16-17-22-18-23(20-26(7-2)8-3)25(28)24(19-22)21-27(9-4)10-5;1-2-4-6-5-3-1;/h18-19,28H,6-17,20-21H2,1-5H3;1-6H;1H. The minimum absolute atomic E-state index is 0. The van der Waals surface area contributed by atoms with Gasteiger partial charge in [0, 0.05) is 24.2 Å². The van der Waals surface area contributed by atoms with Crippen LogP contribution in [0.2, 0.25) is 0 Å². The van der Waals surface area contributed by atoms with Crippen LogP contribution >= 0.6 is 12.4 Å². The summed E-state index contributed by atoms with van der Waals surface area (Å²) in [5.74, 6) is 0.516. The average Bonchev–Trinajstić information content (AvgIpc) is 2.88. The Hall–Kier alpha value is -1.55. The van der Waals surface area contributed by atoms with Gasteiger partial charge in [0.15, 0.2) is 0 Å². The number of phenolic OH excluding ortho intramolecular Hbond substituents is 1. The van der Waals surface area contributed by atoms with E-state index in [1.165, 1.54) is 50.5 Å². The van der Waals surface area contributed by atoms with E-state index in [-0.39, 0.29) is 12.4 Å². The number of phenols is 1. The Bertz CT molecular complexity index is 668. The lowest BCUT2D eigenvalue weighted by molar-refractivity contribution is 0.281. The van der Waals surface area contributed by atoms with Gasteiger partial charge in [-0.05, 0) is 44.6 Å². The third kappa shape index (κ3) is 14.6. The van der Waals surface area contributed by atoms with Gasteiger partial charge in [-0.15, -0.1) is 12.4 Å². The number of hydrogen-bond donors (Lipinski definition) is 1. The summed E-state index contributed by atoms with van der Waals surface area (Å²) in [6.07, 6.45) is 10.5. The second kappa shape index (κ2) is 21.7. The maximum atomic E-state index is 10.9. The molecule has 2 aromatic rings. The van der Waals surface area contributed by atoms with Crippen molar-refractivity contribution in [2.75, 3.05) is 26.2 Å².